The highest BCUT2D eigenvalue weighted by molar-refractivity contribution is 7.99. The molecule has 8 heteroatoms. The van der Waals surface area contributed by atoms with Gasteiger partial charge in [0.15, 0.2) is 5.13 Å². The molecule has 0 atom stereocenters. The highest BCUT2D eigenvalue weighted by atomic mass is 35.5. The lowest BCUT2D eigenvalue weighted by molar-refractivity contribution is -0.118. The number of halogens is 2. The summed E-state index contributed by atoms with van der Waals surface area (Å²) < 4.78 is 14.0. The first-order valence-electron chi connectivity index (χ1n) is 9.82. The number of aromatic nitrogens is 1. The van der Waals surface area contributed by atoms with Crippen LogP contribution in [0.3, 0.4) is 0 Å². The summed E-state index contributed by atoms with van der Waals surface area (Å²) in [5, 5.41) is 1.39. The van der Waals surface area contributed by atoms with E-state index in [0.717, 1.165) is 45.4 Å². The number of hydrogen-bond acceptors (Lipinski definition) is 5. The summed E-state index contributed by atoms with van der Waals surface area (Å²) >= 11 is 9.24. The van der Waals surface area contributed by atoms with Gasteiger partial charge in [-0.15, -0.1) is 11.8 Å². The summed E-state index contributed by atoms with van der Waals surface area (Å²) in [5.41, 5.74) is 0.858. The molecule has 0 aliphatic carbocycles. The van der Waals surface area contributed by atoms with Crippen LogP contribution in [0.5, 0.6) is 0 Å². The number of hydrogen-bond donors (Lipinski definition) is 0. The van der Waals surface area contributed by atoms with Crippen LogP contribution in [0.2, 0.25) is 5.02 Å². The van der Waals surface area contributed by atoms with Gasteiger partial charge in [-0.05, 0) is 81.7 Å². The quantitative estimate of drug-likeness (QED) is 0.274. The fourth-order valence-electron chi connectivity index (χ4n) is 2.95. The second kappa shape index (κ2) is 11.1. The lowest BCUT2D eigenvalue weighted by atomic mass is 10.3. The van der Waals surface area contributed by atoms with Gasteiger partial charge in [0.1, 0.15) is 5.82 Å². The predicted octanol–water partition coefficient (Wildman–Crippen LogP) is 5.95. The van der Waals surface area contributed by atoms with Gasteiger partial charge < -0.3 is 4.90 Å². The predicted molar refractivity (Wildman–Crippen MR) is 127 cm³/mol. The second-order valence-electron chi connectivity index (χ2n) is 7.22. The van der Waals surface area contributed by atoms with Gasteiger partial charge in [0.2, 0.25) is 5.91 Å². The van der Waals surface area contributed by atoms with Gasteiger partial charge in [-0.3, -0.25) is 9.69 Å². The zero-order chi connectivity index (χ0) is 21.5. The number of benzene rings is 2. The standard InChI is InChI=1S/C22H25ClFN3OS2/c1-26(2)12-4-13-27(22-25-19-11-6-16(23)15-20(19)30-22)21(28)5-3-14-29-18-9-7-17(24)8-10-18/h6-11,15H,3-5,12-14H2,1-2H3. The third-order valence-electron chi connectivity index (χ3n) is 4.48. The van der Waals surface area contributed by atoms with Crippen molar-refractivity contribution in [3.63, 3.8) is 0 Å². The van der Waals surface area contributed by atoms with Crippen LogP contribution in [0, 0.1) is 5.82 Å². The number of thiazole rings is 1. The third kappa shape index (κ3) is 6.67. The monoisotopic (exact) mass is 465 g/mol. The van der Waals surface area contributed by atoms with E-state index in [1.54, 1.807) is 23.9 Å². The van der Waals surface area contributed by atoms with Crippen LogP contribution in [0.4, 0.5) is 9.52 Å². The number of amides is 1. The van der Waals surface area contributed by atoms with E-state index in [4.69, 9.17) is 11.6 Å². The lowest BCUT2D eigenvalue weighted by Gasteiger charge is -2.21. The Labute approximate surface area is 190 Å². The molecular weight excluding hydrogens is 441 g/mol. The Morgan fingerprint density at radius 2 is 1.90 bits per heavy atom. The molecular formula is C22H25ClFN3OS2. The molecule has 3 aromatic rings. The van der Waals surface area contributed by atoms with E-state index in [2.05, 4.69) is 9.88 Å². The minimum absolute atomic E-state index is 0.0821. The largest absolute Gasteiger partial charge is 0.309 e. The first-order valence-corrected chi connectivity index (χ1v) is 12.0. The average Bonchev–Trinajstić information content (AvgIpc) is 3.12. The zero-order valence-electron chi connectivity index (χ0n) is 17.1. The molecule has 160 valence electrons. The Balaban J connectivity index is 1.62. The van der Waals surface area contributed by atoms with E-state index in [-0.39, 0.29) is 11.7 Å². The number of carbonyl (C=O) groups is 1. The maximum atomic E-state index is 13.0. The first-order chi connectivity index (χ1) is 14.4. The molecule has 0 aliphatic rings. The number of fused-ring (bicyclic) bond motifs is 1. The summed E-state index contributed by atoms with van der Waals surface area (Å²) in [5.74, 6) is 0.650. The third-order valence-corrected chi connectivity index (χ3v) is 6.85. The van der Waals surface area contributed by atoms with Crippen LogP contribution in [0.25, 0.3) is 10.2 Å². The molecule has 1 amide bonds. The minimum atomic E-state index is -0.236. The molecule has 4 nitrogen and oxygen atoms in total. The van der Waals surface area contributed by atoms with E-state index < -0.39 is 0 Å². The average molecular weight is 466 g/mol. The normalized spacial score (nSPS) is 11.4. The molecule has 0 spiro atoms. The van der Waals surface area contributed by atoms with Crippen molar-refractivity contribution in [2.24, 2.45) is 0 Å². The van der Waals surface area contributed by atoms with Crippen LogP contribution in [0.15, 0.2) is 47.4 Å². The molecule has 0 unspecified atom stereocenters. The maximum absolute atomic E-state index is 13.0. The van der Waals surface area contributed by atoms with Crippen molar-refractivity contribution in [3.8, 4) is 0 Å². The Morgan fingerprint density at radius 3 is 2.63 bits per heavy atom. The molecule has 0 saturated heterocycles. The molecule has 2 aromatic carbocycles. The summed E-state index contributed by atoms with van der Waals surface area (Å²) in [7, 11) is 4.05. The van der Waals surface area contributed by atoms with E-state index in [0.29, 0.717) is 18.0 Å². The summed E-state index contributed by atoms with van der Waals surface area (Å²) in [6.07, 6.45) is 2.08. The summed E-state index contributed by atoms with van der Waals surface area (Å²) in [6.45, 7) is 1.54. The molecule has 30 heavy (non-hydrogen) atoms. The number of carbonyl (C=O) groups excluding carboxylic acids is 1. The molecule has 0 fully saturated rings. The fourth-order valence-corrected chi connectivity index (χ4v) is 5.09. The number of rotatable bonds is 10. The zero-order valence-corrected chi connectivity index (χ0v) is 19.5. The highest BCUT2D eigenvalue weighted by Gasteiger charge is 2.19. The van der Waals surface area contributed by atoms with Crippen LogP contribution in [-0.2, 0) is 4.79 Å². The molecule has 1 heterocycles. The molecule has 0 saturated carbocycles. The molecule has 3 rings (SSSR count). The van der Waals surface area contributed by atoms with Gasteiger partial charge in [0.25, 0.3) is 0 Å². The number of nitrogens with zero attached hydrogens (tertiary/aromatic N) is 3. The van der Waals surface area contributed by atoms with Crippen LogP contribution < -0.4 is 4.90 Å². The lowest BCUT2D eigenvalue weighted by Crippen LogP contribution is -2.33. The van der Waals surface area contributed by atoms with Gasteiger partial charge in [0.05, 0.1) is 10.2 Å². The molecule has 1 aromatic heterocycles. The fraction of sp³-hybridized carbons (Fsp3) is 0.364. The Morgan fingerprint density at radius 1 is 1.13 bits per heavy atom. The van der Waals surface area contributed by atoms with Crippen molar-refractivity contribution in [1.82, 2.24) is 9.88 Å². The van der Waals surface area contributed by atoms with Gasteiger partial charge in [-0.1, -0.05) is 22.9 Å². The van der Waals surface area contributed by atoms with Crippen molar-refractivity contribution < 1.29 is 9.18 Å². The van der Waals surface area contributed by atoms with Crippen LogP contribution in [0.1, 0.15) is 19.3 Å². The first kappa shape index (κ1) is 23.0. The van der Waals surface area contributed by atoms with Gasteiger partial charge in [-0.25, -0.2) is 9.37 Å². The van der Waals surface area contributed by atoms with Gasteiger partial charge in [-0.2, -0.15) is 0 Å². The van der Waals surface area contributed by atoms with Crippen LogP contribution in [-0.4, -0.2) is 48.7 Å². The second-order valence-corrected chi connectivity index (χ2v) is 9.83. The number of anilines is 1. The maximum Gasteiger partial charge on any atom is 0.228 e. The Kier molecular flexibility index (Phi) is 8.50. The highest BCUT2D eigenvalue weighted by Crippen LogP contribution is 2.31. The molecule has 0 aliphatic heterocycles. The molecule has 0 N–H and O–H groups in total. The van der Waals surface area contributed by atoms with E-state index >= 15 is 0 Å². The summed E-state index contributed by atoms with van der Waals surface area (Å²) in [6, 6.07) is 12.0. The van der Waals surface area contributed by atoms with E-state index in [1.165, 1.54) is 23.5 Å². The SMILES string of the molecule is CN(C)CCCN(C(=O)CCCSc1ccc(F)cc1)c1nc2ccc(Cl)cc2s1. The van der Waals surface area contributed by atoms with E-state index in [1.807, 2.05) is 37.2 Å². The van der Waals surface area contributed by atoms with Crippen molar-refractivity contribution >= 4 is 56.0 Å². The minimum Gasteiger partial charge on any atom is -0.309 e. The van der Waals surface area contributed by atoms with Crippen molar-refractivity contribution in [2.45, 2.75) is 24.2 Å². The Hall–Kier alpha value is -1.67. The van der Waals surface area contributed by atoms with Crippen molar-refractivity contribution in [2.75, 3.05) is 37.8 Å². The molecule has 0 bridgehead atoms. The van der Waals surface area contributed by atoms with Crippen LogP contribution >= 0.6 is 34.7 Å². The molecule has 0 radical (unpaired) electrons. The Bertz CT molecular complexity index is 978. The van der Waals surface area contributed by atoms with Crippen molar-refractivity contribution in [3.05, 3.63) is 53.3 Å². The smallest absolute Gasteiger partial charge is 0.228 e. The van der Waals surface area contributed by atoms with Gasteiger partial charge >= 0.3 is 0 Å². The van der Waals surface area contributed by atoms with E-state index in [9.17, 15) is 9.18 Å². The van der Waals surface area contributed by atoms with Gasteiger partial charge in [0, 0.05) is 22.9 Å². The van der Waals surface area contributed by atoms with Crippen molar-refractivity contribution in [1.29, 1.82) is 0 Å². The summed E-state index contributed by atoms with van der Waals surface area (Å²) in [4.78, 5) is 22.6. The topological polar surface area (TPSA) is 36.4 Å². The number of thioether (sulfide) groups is 1.